The molecule has 3 nitrogen and oxygen atoms in total. The SMILES string of the molecule is CN(C)P(C)(=O)Oc1ccccc1. The Hall–Kier alpha value is -0.790. The maximum absolute atomic E-state index is 11.8. The van der Waals surface area contributed by atoms with Gasteiger partial charge in [-0.05, 0) is 26.2 Å². The molecule has 0 radical (unpaired) electrons. The molecule has 0 aliphatic heterocycles. The van der Waals surface area contributed by atoms with Gasteiger partial charge in [0.25, 0.3) is 0 Å². The average molecular weight is 199 g/mol. The van der Waals surface area contributed by atoms with E-state index in [0.717, 1.165) is 0 Å². The minimum Gasteiger partial charge on any atom is -0.433 e. The Morgan fingerprint density at radius 3 is 2.23 bits per heavy atom. The number of para-hydroxylation sites is 1. The first kappa shape index (κ1) is 10.3. The van der Waals surface area contributed by atoms with E-state index in [9.17, 15) is 4.57 Å². The van der Waals surface area contributed by atoms with Gasteiger partial charge in [-0.1, -0.05) is 18.2 Å². The molecular weight excluding hydrogens is 185 g/mol. The molecule has 0 aliphatic carbocycles. The van der Waals surface area contributed by atoms with Crippen LogP contribution in [0.3, 0.4) is 0 Å². The summed E-state index contributed by atoms with van der Waals surface area (Å²) in [6.45, 7) is 1.60. The molecule has 0 amide bonds. The fourth-order valence-corrected chi connectivity index (χ4v) is 1.43. The van der Waals surface area contributed by atoms with E-state index < -0.39 is 7.52 Å². The number of hydrogen-bond donors (Lipinski definition) is 0. The highest BCUT2D eigenvalue weighted by atomic mass is 31.2. The summed E-state index contributed by atoms with van der Waals surface area (Å²) in [4.78, 5) is 0. The summed E-state index contributed by atoms with van der Waals surface area (Å²) in [7, 11) is 0.827. The van der Waals surface area contributed by atoms with Gasteiger partial charge < -0.3 is 4.52 Å². The van der Waals surface area contributed by atoms with E-state index >= 15 is 0 Å². The second-order valence-corrected chi connectivity index (χ2v) is 5.64. The predicted molar refractivity (Wildman–Crippen MR) is 54.3 cm³/mol. The van der Waals surface area contributed by atoms with Gasteiger partial charge in [-0.2, -0.15) is 0 Å². The average Bonchev–Trinajstić information content (AvgIpc) is 2.05. The standard InChI is InChI=1S/C9H14NO2P/c1-10(2)13(3,11)12-9-7-5-4-6-8-9/h4-8H,1-3H3. The van der Waals surface area contributed by atoms with Gasteiger partial charge in [-0.25, -0.2) is 4.67 Å². The highest BCUT2D eigenvalue weighted by molar-refractivity contribution is 7.56. The van der Waals surface area contributed by atoms with E-state index in [2.05, 4.69) is 0 Å². The van der Waals surface area contributed by atoms with Crippen LogP contribution < -0.4 is 4.52 Å². The van der Waals surface area contributed by atoms with Crippen molar-refractivity contribution in [1.82, 2.24) is 4.67 Å². The molecule has 0 aromatic heterocycles. The van der Waals surface area contributed by atoms with E-state index in [-0.39, 0.29) is 0 Å². The molecule has 0 saturated carbocycles. The fraction of sp³-hybridized carbons (Fsp3) is 0.333. The smallest absolute Gasteiger partial charge is 0.315 e. The lowest BCUT2D eigenvalue weighted by molar-refractivity contribution is 0.423. The van der Waals surface area contributed by atoms with Crippen molar-refractivity contribution in [2.45, 2.75) is 0 Å². The van der Waals surface area contributed by atoms with Crippen molar-refractivity contribution in [3.63, 3.8) is 0 Å². The topological polar surface area (TPSA) is 29.5 Å². The van der Waals surface area contributed by atoms with Crippen molar-refractivity contribution in [2.24, 2.45) is 0 Å². The lowest BCUT2D eigenvalue weighted by Crippen LogP contribution is -2.11. The summed E-state index contributed by atoms with van der Waals surface area (Å²) in [5, 5.41) is 0. The Bertz CT molecular complexity index is 311. The van der Waals surface area contributed by atoms with Crippen LogP contribution in [-0.2, 0) is 4.57 Å². The molecule has 1 unspecified atom stereocenters. The summed E-state index contributed by atoms with van der Waals surface area (Å²) in [6, 6.07) is 9.18. The molecule has 0 N–H and O–H groups in total. The largest absolute Gasteiger partial charge is 0.433 e. The summed E-state index contributed by atoms with van der Waals surface area (Å²) >= 11 is 0. The molecule has 1 rings (SSSR count). The fourth-order valence-electron chi connectivity index (χ4n) is 0.759. The Kier molecular flexibility index (Phi) is 3.12. The van der Waals surface area contributed by atoms with Crippen molar-refractivity contribution < 1.29 is 9.09 Å². The zero-order valence-electron chi connectivity index (χ0n) is 8.10. The minimum atomic E-state index is -2.65. The number of rotatable bonds is 3. The first-order valence-electron chi connectivity index (χ1n) is 4.02. The molecule has 0 spiro atoms. The molecule has 1 aromatic carbocycles. The van der Waals surface area contributed by atoms with Crippen LogP contribution >= 0.6 is 7.52 Å². The number of benzene rings is 1. The molecule has 13 heavy (non-hydrogen) atoms. The number of hydrogen-bond acceptors (Lipinski definition) is 2. The molecule has 0 bridgehead atoms. The van der Waals surface area contributed by atoms with Crippen LogP contribution in [0.15, 0.2) is 30.3 Å². The van der Waals surface area contributed by atoms with Crippen LogP contribution in [0, 0.1) is 0 Å². The van der Waals surface area contributed by atoms with E-state index in [4.69, 9.17) is 4.52 Å². The molecule has 72 valence electrons. The summed E-state index contributed by atoms with van der Waals surface area (Å²) in [5.74, 6) is 0.641. The third kappa shape index (κ3) is 2.87. The summed E-state index contributed by atoms with van der Waals surface area (Å²) in [5.41, 5.74) is 0. The van der Waals surface area contributed by atoms with Crippen LogP contribution in [0.2, 0.25) is 0 Å². The van der Waals surface area contributed by atoms with Gasteiger partial charge in [0.15, 0.2) is 0 Å². The van der Waals surface area contributed by atoms with Crippen molar-refractivity contribution in [3.05, 3.63) is 30.3 Å². The molecule has 1 atom stereocenters. The van der Waals surface area contributed by atoms with Crippen molar-refractivity contribution in [3.8, 4) is 5.75 Å². The van der Waals surface area contributed by atoms with Gasteiger partial charge >= 0.3 is 7.52 Å². The zero-order chi connectivity index (χ0) is 9.90. The number of nitrogens with zero attached hydrogens (tertiary/aromatic N) is 1. The molecule has 0 saturated heterocycles. The van der Waals surface area contributed by atoms with Crippen molar-refractivity contribution in [1.29, 1.82) is 0 Å². The van der Waals surface area contributed by atoms with E-state index in [1.165, 1.54) is 0 Å². The molecule has 0 fully saturated rings. The maximum Gasteiger partial charge on any atom is 0.315 e. The first-order chi connectivity index (χ1) is 6.02. The van der Waals surface area contributed by atoms with E-state index in [1.54, 1.807) is 37.6 Å². The van der Waals surface area contributed by atoms with Crippen LogP contribution in [0.25, 0.3) is 0 Å². The maximum atomic E-state index is 11.8. The predicted octanol–water partition coefficient (Wildman–Crippen LogP) is 2.45. The lowest BCUT2D eigenvalue weighted by Gasteiger charge is -2.20. The highest BCUT2D eigenvalue weighted by Crippen LogP contribution is 2.44. The summed E-state index contributed by atoms with van der Waals surface area (Å²) < 4.78 is 18.7. The quantitative estimate of drug-likeness (QED) is 0.700. The van der Waals surface area contributed by atoms with Crippen molar-refractivity contribution >= 4 is 7.52 Å². The molecule has 0 heterocycles. The normalized spacial score (nSPS) is 15.4. The lowest BCUT2D eigenvalue weighted by atomic mass is 10.3. The van der Waals surface area contributed by atoms with E-state index in [1.807, 2.05) is 18.2 Å². The third-order valence-corrected chi connectivity index (χ3v) is 3.75. The second-order valence-electron chi connectivity index (χ2n) is 3.05. The van der Waals surface area contributed by atoms with Gasteiger partial charge in [0.2, 0.25) is 0 Å². The van der Waals surface area contributed by atoms with Crippen molar-refractivity contribution in [2.75, 3.05) is 20.8 Å². The monoisotopic (exact) mass is 199 g/mol. The van der Waals surface area contributed by atoms with Crippen LogP contribution in [0.1, 0.15) is 0 Å². The van der Waals surface area contributed by atoms with Gasteiger partial charge in [0, 0.05) is 6.66 Å². The molecule has 0 aliphatic rings. The van der Waals surface area contributed by atoms with Crippen LogP contribution in [-0.4, -0.2) is 25.4 Å². The Labute approximate surface area is 78.8 Å². The zero-order valence-corrected chi connectivity index (χ0v) is 8.99. The summed E-state index contributed by atoms with van der Waals surface area (Å²) in [6.07, 6.45) is 0. The van der Waals surface area contributed by atoms with Gasteiger partial charge in [0.05, 0.1) is 0 Å². The Balaban J connectivity index is 2.76. The van der Waals surface area contributed by atoms with Crippen LogP contribution in [0.5, 0.6) is 5.75 Å². The van der Waals surface area contributed by atoms with Crippen LogP contribution in [0.4, 0.5) is 0 Å². The third-order valence-electron chi connectivity index (χ3n) is 1.74. The van der Waals surface area contributed by atoms with E-state index in [0.29, 0.717) is 5.75 Å². The highest BCUT2D eigenvalue weighted by Gasteiger charge is 2.19. The Morgan fingerprint density at radius 2 is 1.77 bits per heavy atom. The molecule has 1 aromatic rings. The minimum absolute atomic E-state index is 0.641. The first-order valence-corrected chi connectivity index (χ1v) is 6.05. The molecule has 4 heteroatoms. The Morgan fingerprint density at radius 1 is 1.23 bits per heavy atom. The second kappa shape index (κ2) is 3.95. The molecular formula is C9H14NO2P. The van der Waals surface area contributed by atoms with Gasteiger partial charge in [-0.3, -0.25) is 4.57 Å². The van der Waals surface area contributed by atoms with Gasteiger partial charge in [-0.15, -0.1) is 0 Å². The van der Waals surface area contributed by atoms with Gasteiger partial charge in [0.1, 0.15) is 5.75 Å².